The van der Waals surface area contributed by atoms with Crippen molar-refractivity contribution in [3.05, 3.63) is 0 Å². The van der Waals surface area contributed by atoms with Crippen molar-refractivity contribution in [2.45, 2.75) is 192 Å². The van der Waals surface area contributed by atoms with Crippen LogP contribution in [-0.4, -0.2) is 23.6 Å². The topological polar surface area (TPSA) is 43.4 Å². The second-order valence-corrected chi connectivity index (χ2v) is 11.9. The maximum atomic E-state index is 12.3. The number of carbonyl (C=O) groups excluding carboxylic acids is 2. The molecule has 0 aliphatic carbocycles. The second kappa shape index (κ2) is 30.0. The van der Waals surface area contributed by atoms with Gasteiger partial charge >= 0.3 is 5.97 Å². The maximum absolute atomic E-state index is 12.3. The standard InChI is InChI=1S/C33H64O3S/c1-3-5-7-9-11-13-15-16-17-18-19-20-22-24-26-28-31(34)32(37)30-33(35)36-29-27-25-23-21-14-12-10-8-6-4-2/h32,37H,3-30H2,1-2H3. The van der Waals surface area contributed by atoms with Crippen LogP contribution in [0.2, 0.25) is 0 Å². The predicted molar refractivity (Wildman–Crippen MR) is 165 cm³/mol. The van der Waals surface area contributed by atoms with Crippen molar-refractivity contribution in [2.24, 2.45) is 0 Å². The third-order valence-corrected chi connectivity index (χ3v) is 7.99. The number of thiol groups is 1. The van der Waals surface area contributed by atoms with E-state index in [1.54, 1.807) is 0 Å². The van der Waals surface area contributed by atoms with Gasteiger partial charge in [-0.05, 0) is 12.8 Å². The molecule has 0 aromatic heterocycles. The Morgan fingerprint density at radius 2 is 0.838 bits per heavy atom. The zero-order valence-electron chi connectivity index (χ0n) is 25.0. The molecule has 0 rings (SSSR count). The molecule has 0 bridgehead atoms. The molecule has 0 N–H and O–H groups in total. The number of unbranched alkanes of at least 4 members (excludes halogenated alkanes) is 23. The number of carbonyl (C=O) groups is 2. The highest BCUT2D eigenvalue weighted by Crippen LogP contribution is 2.15. The van der Waals surface area contributed by atoms with Crippen LogP contribution in [-0.2, 0) is 14.3 Å². The Bertz CT molecular complexity index is 494. The molecule has 0 radical (unpaired) electrons. The highest BCUT2D eigenvalue weighted by Gasteiger charge is 2.18. The summed E-state index contributed by atoms with van der Waals surface area (Å²) < 4.78 is 5.33. The number of hydrogen-bond donors (Lipinski definition) is 1. The van der Waals surface area contributed by atoms with Crippen molar-refractivity contribution >= 4 is 24.4 Å². The lowest BCUT2D eigenvalue weighted by atomic mass is 10.0. The van der Waals surface area contributed by atoms with Crippen LogP contribution in [0.25, 0.3) is 0 Å². The van der Waals surface area contributed by atoms with Crippen LogP contribution in [0.5, 0.6) is 0 Å². The first-order chi connectivity index (χ1) is 18.1. The minimum absolute atomic E-state index is 0.0916. The number of ketones is 1. The minimum Gasteiger partial charge on any atom is -0.466 e. The van der Waals surface area contributed by atoms with Crippen LogP contribution < -0.4 is 0 Å². The fourth-order valence-electron chi connectivity index (χ4n) is 4.94. The van der Waals surface area contributed by atoms with Gasteiger partial charge in [-0.25, -0.2) is 0 Å². The summed E-state index contributed by atoms with van der Waals surface area (Å²) >= 11 is 4.37. The molecule has 0 spiro atoms. The van der Waals surface area contributed by atoms with E-state index in [1.165, 1.54) is 135 Å². The van der Waals surface area contributed by atoms with Crippen molar-refractivity contribution in [1.82, 2.24) is 0 Å². The summed E-state index contributed by atoms with van der Waals surface area (Å²) in [6.07, 6.45) is 33.1. The molecule has 0 aromatic rings. The van der Waals surface area contributed by atoms with Crippen molar-refractivity contribution in [1.29, 1.82) is 0 Å². The van der Waals surface area contributed by atoms with Crippen molar-refractivity contribution in [2.75, 3.05) is 6.61 Å². The monoisotopic (exact) mass is 540 g/mol. The largest absolute Gasteiger partial charge is 0.466 e. The lowest BCUT2D eigenvalue weighted by Crippen LogP contribution is -2.20. The number of ether oxygens (including phenoxy) is 1. The van der Waals surface area contributed by atoms with E-state index in [0.29, 0.717) is 13.0 Å². The van der Waals surface area contributed by atoms with Crippen LogP contribution >= 0.6 is 12.6 Å². The summed E-state index contributed by atoms with van der Waals surface area (Å²) in [4.78, 5) is 24.3. The molecule has 0 amide bonds. The molecule has 0 saturated carbocycles. The van der Waals surface area contributed by atoms with E-state index in [4.69, 9.17) is 4.74 Å². The first kappa shape index (κ1) is 36.5. The molecule has 4 heteroatoms. The Morgan fingerprint density at radius 1 is 0.514 bits per heavy atom. The molecule has 1 atom stereocenters. The van der Waals surface area contributed by atoms with E-state index in [9.17, 15) is 9.59 Å². The molecular weight excluding hydrogens is 476 g/mol. The van der Waals surface area contributed by atoms with Gasteiger partial charge in [0.25, 0.3) is 0 Å². The van der Waals surface area contributed by atoms with Gasteiger partial charge < -0.3 is 4.74 Å². The summed E-state index contributed by atoms with van der Waals surface area (Å²) in [6.45, 7) is 5.00. The van der Waals surface area contributed by atoms with E-state index in [2.05, 4.69) is 26.5 Å². The zero-order valence-corrected chi connectivity index (χ0v) is 25.9. The minimum atomic E-state index is -0.508. The van der Waals surface area contributed by atoms with Gasteiger partial charge in [-0.1, -0.05) is 162 Å². The van der Waals surface area contributed by atoms with Gasteiger partial charge in [0.05, 0.1) is 18.3 Å². The van der Waals surface area contributed by atoms with Gasteiger partial charge in [-0.15, -0.1) is 0 Å². The molecule has 1 unspecified atom stereocenters. The number of esters is 1. The highest BCUT2D eigenvalue weighted by molar-refractivity contribution is 7.81. The van der Waals surface area contributed by atoms with Crippen molar-refractivity contribution < 1.29 is 14.3 Å². The molecule has 0 aliphatic heterocycles. The van der Waals surface area contributed by atoms with Crippen LogP contribution in [0.3, 0.4) is 0 Å². The summed E-state index contributed by atoms with van der Waals surface area (Å²) in [5, 5.41) is -0.508. The average Bonchev–Trinajstić information content (AvgIpc) is 2.89. The first-order valence-electron chi connectivity index (χ1n) is 16.5. The quantitative estimate of drug-likeness (QED) is 0.0559. The lowest BCUT2D eigenvalue weighted by Gasteiger charge is -2.10. The third-order valence-electron chi connectivity index (χ3n) is 7.52. The summed E-state index contributed by atoms with van der Waals surface area (Å²) in [5.41, 5.74) is 0. The Hall–Kier alpha value is -0.510. The van der Waals surface area contributed by atoms with E-state index in [0.717, 1.165) is 25.7 Å². The SMILES string of the molecule is CCCCCCCCCCCCCCCCCC(=O)C(S)CC(=O)OCCCCCCCCCCCC. The molecule has 0 heterocycles. The van der Waals surface area contributed by atoms with Crippen LogP contribution in [0.1, 0.15) is 187 Å². The summed E-state index contributed by atoms with van der Waals surface area (Å²) in [5.74, 6) is -0.185. The first-order valence-corrected chi connectivity index (χ1v) is 17.0. The van der Waals surface area contributed by atoms with Gasteiger partial charge in [0.15, 0.2) is 0 Å². The Morgan fingerprint density at radius 3 is 1.22 bits per heavy atom. The van der Waals surface area contributed by atoms with Crippen LogP contribution in [0.15, 0.2) is 0 Å². The fourth-order valence-corrected chi connectivity index (χ4v) is 5.22. The Kier molecular flexibility index (Phi) is 29.6. The van der Waals surface area contributed by atoms with Gasteiger partial charge in [0.2, 0.25) is 0 Å². The van der Waals surface area contributed by atoms with Gasteiger partial charge in [-0.3, -0.25) is 9.59 Å². The van der Waals surface area contributed by atoms with Crippen molar-refractivity contribution in [3.63, 3.8) is 0 Å². The van der Waals surface area contributed by atoms with Crippen LogP contribution in [0, 0.1) is 0 Å². The molecule has 37 heavy (non-hydrogen) atoms. The fraction of sp³-hybridized carbons (Fsp3) is 0.939. The van der Waals surface area contributed by atoms with Crippen molar-refractivity contribution in [3.8, 4) is 0 Å². The molecule has 0 fully saturated rings. The zero-order chi connectivity index (χ0) is 27.2. The molecule has 3 nitrogen and oxygen atoms in total. The van der Waals surface area contributed by atoms with Gasteiger partial charge in [-0.2, -0.15) is 12.6 Å². The van der Waals surface area contributed by atoms with Gasteiger partial charge in [0, 0.05) is 6.42 Å². The highest BCUT2D eigenvalue weighted by atomic mass is 32.1. The Labute approximate surface area is 237 Å². The third kappa shape index (κ3) is 28.3. The molecule has 0 aromatic carbocycles. The molecule has 220 valence electrons. The average molecular weight is 541 g/mol. The summed E-state index contributed by atoms with van der Waals surface area (Å²) in [6, 6.07) is 0. The maximum Gasteiger partial charge on any atom is 0.307 e. The number of hydrogen-bond acceptors (Lipinski definition) is 4. The predicted octanol–water partition coefficient (Wildman–Crippen LogP) is 11.0. The normalized spacial score (nSPS) is 12.1. The van der Waals surface area contributed by atoms with E-state index >= 15 is 0 Å². The van der Waals surface area contributed by atoms with Crippen LogP contribution in [0.4, 0.5) is 0 Å². The number of rotatable bonds is 30. The molecular formula is C33H64O3S. The number of Topliss-reactive ketones (excluding diaryl/α,β-unsaturated/α-hetero) is 1. The van der Waals surface area contributed by atoms with E-state index < -0.39 is 5.25 Å². The molecule has 0 saturated heterocycles. The molecule has 0 aliphatic rings. The smallest absolute Gasteiger partial charge is 0.307 e. The Balaban J connectivity index is 3.42. The van der Waals surface area contributed by atoms with E-state index in [-0.39, 0.29) is 18.2 Å². The lowest BCUT2D eigenvalue weighted by molar-refractivity contribution is -0.144. The summed E-state index contributed by atoms with van der Waals surface area (Å²) in [7, 11) is 0. The second-order valence-electron chi connectivity index (χ2n) is 11.3. The van der Waals surface area contributed by atoms with E-state index in [1.807, 2.05) is 0 Å². The van der Waals surface area contributed by atoms with Gasteiger partial charge in [0.1, 0.15) is 5.78 Å².